The number of benzene rings is 4. The lowest BCUT2D eigenvalue weighted by molar-refractivity contribution is -0.140. The molecule has 0 radical (unpaired) electrons. The second kappa shape index (κ2) is 14.9. The minimum atomic E-state index is -4.26. The number of sulfonamides is 1. The maximum atomic E-state index is 14.6. The van der Waals surface area contributed by atoms with Gasteiger partial charge in [-0.15, -0.1) is 0 Å². The fraction of sp³-hybridized carbons (Fsp3) is 0.257. The SMILES string of the molecule is Cc1cccc(N(CC(=O)N(Cc2c(Cl)cccc2Cl)[C@@H](Cc2ccccc2)C(=O)NC(C)(C)C)S(=O)(=O)c2ccc(Cl)cc2)c1. The maximum absolute atomic E-state index is 14.6. The minimum Gasteiger partial charge on any atom is -0.350 e. The molecular formula is C35H36Cl3N3O4S. The number of halogens is 3. The molecule has 0 aliphatic heterocycles. The van der Waals surface area contributed by atoms with Gasteiger partial charge in [-0.2, -0.15) is 0 Å². The van der Waals surface area contributed by atoms with Crippen LogP contribution in [0.3, 0.4) is 0 Å². The van der Waals surface area contributed by atoms with Crippen LogP contribution in [0.5, 0.6) is 0 Å². The van der Waals surface area contributed by atoms with E-state index >= 15 is 0 Å². The van der Waals surface area contributed by atoms with E-state index in [1.807, 2.05) is 64.1 Å². The second-order valence-electron chi connectivity index (χ2n) is 12.0. The largest absolute Gasteiger partial charge is 0.350 e. The third kappa shape index (κ3) is 9.04. The summed E-state index contributed by atoms with van der Waals surface area (Å²) in [5.41, 5.74) is 1.71. The van der Waals surface area contributed by atoms with E-state index in [-0.39, 0.29) is 23.5 Å². The van der Waals surface area contributed by atoms with Gasteiger partial charge >= 0.3 is 0 Å². The number of carbonyl (C=O) groups is 2. The van der Waals surface area contributed by atoms with E-state index in [1.165, 1.54) is 29.2 Å². The first-order valence-electron chi connectivity index (χ1n) is 14.6. The maximum Gasteiger partial charge on any atom is 0.264 e. The first-order valence-corrected chi connectivity index (χ1v) is 17.2. The molecule has 0 fully saturated rings. The Labute approximate surface area is 286 Å². The van der Waals surface area contributed by atoms with Gasteiger partial charge in [0.25, 0.3) is 10.0 Å². The molecule has 0 aromatic heterocycles. The van der Waals surface area contributed by atoms with E-state index < -0.39 is 40.0 Å². The Hall–Kier alpha value is -3.56. The molecule has 11 heteroatoms. The van der Waals surface area contributed by atoms with Gasteiger partial charge in [-0.25, -0.2) is 8.42 Å². The van der Waals surface area contributed by atoms with Gasteiger partial charge in [0, 0.05) is 39.1 Å². The number of nitrogens with zero attached hydrogens (tertiary/aromatic N) is 2. The number of aryl methyl sites for hydroxylation is 1. The van der Waals surface area contributed by atoms with E-state index in [4.69, 9.17) is 34.8 Å². The number of hydrogen-bond acceptors (Lipinski definition) is 4. The van der Waals surface area contributed by atoms with Crippen LogP contribution in [0, 0.1) is 6.92 Å². The van der Waals surface area contributed by atoms with Gasteiger partial charge in [0.05, 0.1) is 10.6 Å². The van der Waals surface area contributed by atoms with Crippen LogP contribution in [0.15, 0.2) is 102 Å². The Morgan fingerprint density at radius 3 is 2.02 bits per heavy atom. The van der Waals surface area contributed by atoms with Crippen LogP contribution in [-0.4, -0.2) is 43.3 Å². The Morgan fingerprint density at radius 1 is 0.826 bits per heavy atom. The molecule has 1 N–H and O–H groups in total. The molecule has 7 nitrogen and oxygen atoms in total. The zero-order valence-corrected chi connectivity index (χ0v) is 29.1. The molecule has 242 valence electrons. The molecule has 2 amide bonds. The van der Waals surface area contributed by atoms with Crippen molar-refractivity contribution in [3.63, 3.8) is 0 Å². The van der Waals surface area contributed by atoms with Crippen molar-refractivity contribution < 1.29 is 18.0 Å². The van der Waals surface area contributed by atoms with Crippen LogP contribution in [-0.2, 0) is 32.6 Å². The van der Waals surface area contributed by atoms with Crippen molar-refractivity contribution in [3.05, 3.63) is 129 Å². The summed E-state index contributed by atoms with van der Waals surface area (Å²) in [5, 5.41) is 3.99. The molecular weight excluding hydrogens is 665 g/mol. The molecule has 4 aromatic rings. The van der Waals surface area contributed by atoms with Crippen molar-refractivity contribution in [1.29, 1.82) is 0 Å². The molecule has 0 unspecified atom stereocenters. The molecule has 0 saturated carbocycles. The molecule has 0 saturated heterocycles. The Bertz CT molecular complexity index is 1770. The molecule has 0 aliphatic carbocycles. The number of amides is 2. The van der Waals surface area contributed by atoms with Gasteiger partial charge in [-0.3, -0.25) is 13.9 Å². The fourth-order valence-electron chi connectivity index (χ4n) is 4.91. The van der Waals surface area contributed by atoms with Gasteiger partial charge in [-0.1, -0.05) is 83.3 Å². The highest BCUT2D eigenvalue weighted by Crippen LogP contribution is 2.30. The first kappa shape index (κ1) is 35.3. The van der Waals surface area contributed by atoms with Crippen LogP contribution in [0.2, 0.25) is 15.1 Å². The van der Waals surface area contributed by atoms with Crippen molar-refractivity contribution in [2.45, 2.75) is 57.1 Å². The third-order valence-electron chi connectivity index (χ3n) is 7.13. The average Bonchev–Trinajstić information content (AvgIpc) is 2.98. The van der Waals surface area contributed by atoms with Crippen LogP contribution < -0.4 is 9.62 Å². The number of rotatable bonds is 11. The third-order valence-corrected chi connectivity index (χ3v) is 9.88. The van der Waals surface area contributed by atoms with Crippen molar-refractivity contribution >= 4 is 62.3 Å². The molecule has 0 aliphatic rings. The lowest BCUT2D eigenvalue weighted by Gasteiger charge is -2.35. The van der Waals surface area contributed by atoms with Crippen molar-refractivity contribution in [2.24, 2.45) is 0 Å². The summed E-state index contributed by atoms with van der Waals surface area (Å²) in [6.45, 7) is 6.62. The zero-order valence-electron chi connectivity index (χ0n) is 26.0. The summed E-state index contributed by atoms with van der Waals surface area (Å²) in [6.07, 6.45) is 0.158. The second-order valence-corrected chi connectivity index (χ2v) is 15.1. The van der Waals surface area contributed by atoms with Crippen molar-refractivity contribution in [1.82, 2.24) is 10.2 Å². The number of carbonyl (C=O) groups excluding carboxylic acids is 2. The summed E-state index contributed by atoms with van der Waals surface area (Å²) in [5.74, 6) is -1.03. The predicted octanol–water partition coefficient (Wildman–Crippen LogP) is 7.71. The van der Waals surface area contributed by atoms with Crippen LogP contribution in [0.25, 0.3) is 0 Å². The normalized spacial score (nSPS) is 12.3. The minimum absolute atomic E-state index is 0.0433. The molecule has 1 atom stereocenters. The van der Waals surface area contributed by atoms with Gasteiger partial charge in [0.1, 0.15) is 12.6 Å². The molecule has 0 heterocycles. The summed E-state index contributed by atoms with van der Waals surface area (Å²) in [6, 6.07) is 25.8. The molecule has 4 rings (SSSR count). The van der Waals surface area contributed by atoms with Gasteiger partial charge < -0.3 is 10.2 Å². The highest BCUT2D eigenvalue weighted by atomic mass is 35.5. The van der Waals surface area contributed by atoms with Crippen molar-refractivity contribution in [3.8, 4) is 0 Å². The summed E-state index contributed by atoms with van der Waals surface area (Å²) >= 11 is 19.2. The predicted molar refractivity (Wildman–Crippen MR) is 186 cm³/mol. The Kier molecular flexibility index (Phi) is 11.4. The van der Waals surface area contributed by atoms with Gasteiger partial charge in [-0.05, 0) is 87.4 Å². The van der Waals surface area contributed by atoms with E-state index in [0.717, 1.165) is 15.4 Å². The molecule has 46 heavy (non-hydrogen) atoms. The smallest absolute Gasteiger partial charge is 0.264 e. The molecule has 4 aromatic carbocycles. The van der Waals surface area contributed by atoms with E-state index in [9.17, 15) is 18.0 Å². The fourth-order valence-corrected chi connectivity index (χ4v) is 6.96. The quantitative estimate of drug-likeness (QED) is 0.174. The van der Waals surface area contributed by atoms with E-state index in [2.05, 4.69) is 5.32 Å². The first-order chi connectivity index (χ1) is 21.7. The zero-order chi connectivity index (χ0) is 33.6. The van der Waals surface area contributed by atoms with Gasteiger partial charge in [0.2, 0.25) is 11.8 Å². The highest BCUT2D eigenvalue weighted by molar-refractivity contribution is 7.92. The average molecular weight is 701 g/mol. The van der Waals surface area contributed by atoms with Crippen LogP contribution >= 0.6 is 34.8 Å². The topological polar surface area (TPSA) is 86.8 Å². The number of hydrogen-bond donors (Lipinski definition) is 1. The highest BCUT2D eigenvalue weighted by Gasteiger charge is 2.36. The summed E-state index contributed by atoms with van der Waals surface area (Å²) in [7, 11) is -4.26. The van der Waals surface area contributed by atoms with E-state index in [0.29, 0.717) is 20.6 Å². The Morgan fingerprint density at radius 2 is 1.43 bits per heavy atom. The van der Waals surface area contributed by atoms with Crippen LogP contribution in [0.1, 0.15) is 37.5 Å². The Balaban J connectivity index is 1.85. The summed E-state index contributed by atoms with van der Waals surface area (Å²) in [4.78, 5) is 29.9. The standard InChI is InChI=1S/C35H36Cl3N3O4S/c1-24-10-8-13-27(20-24)41(46(44,45)28-18-16-26(36)17-19-28)23-33(42)40(22-29-30(37)14-9-15-31(29)38)32(34(43)39-35(2,3)4)21-25-11-6-5-7-12-25/h5-20,32H,21-23H2,1-4H3,(H,39,43)/t32-/m0/s1. The molecule has 0 bridgehead atoms. The molecule has 0 spiro atoms. The summed E-state index contributed by atoms with van der Waals surface area (Å²) < 4.78 is 29.4. The van der Waals surface area contributed by atoms with Crippen molar-refractivity contribution in [2.75, 3.05) is 10.8 Å². The van der Waals surface area contributed by atoms with Gasteiger partial charge in [0.15, 0.2) is 0 Å². The lowest BCUT2D eigenvalue weighted by atomic mass is 10.0. The van der Waals surface area contributed by atoms with Crippen LogP contribution in [0.4, 0.5) is 5.69 Å². The van der Waals surface area contributed by atoms with E-state index in [1.54, 1.807) is 36.4 Å². The number of anilines is 1. The monoisotopic (exact) mass is 699 g/mol. The number of nitrogens with one attached hydrogen (secondary N) is 1. The lowest BCUT2D eigenvalue weighted by Crippen LogP contribution is -2.56.